The smallest absolute Gasteiger partial charge is 0.242 e. The van der Waals surface area contributed by atoms with Gasteiger partial charge in [0.1, 0.15) is 11.5 Å². The maximum Gasteiger partial charge on any atom is 0.242 e. The van der Waals surface area contributed by atoms with Crippen molar-refractivity contribution in [2.75, 3.05) is 24.7 Å². The number of methoxy groups -OCH3 is 1. The molecule has 0 spiro atoms. The second-order valence-corrected chi connectivity index (χ2v) is 4.15. The molecule has 0 unspecified atom stereocenters. The predicted octanol–water partition coefficient (Wildman–Crippen LogP) is 1.83. The fourth-order valence-electron chi connectivity index (χ4n) is 1.33. The molecule has 0 aromatic carbocycles. The molecule has 1 aromatic rings. The Bertz CT molecular complexity index is 352. The summed E-state index contributed by atoms with van der Waals surface area (Å²) in [5.41, 5.74) is 6.34. The average Bonchev–Trinajstić information content (AvgIpc) is 2.22. The number of aromatic nitrogens is 2. The Morgan fingerprint density at radius 1 is 1.38 bits per heavy atom. The van der Waals surface area contributed by atoms with Gasteiger partial charge in [-0.25, -0.2) is 4.98 Å². The van der Waals surface area contributed by atoms with Crippen molar-refractivity contribution in [3.05, 3.63) is 5.82 Å². The van der Waals surface area contributed by atoms with E-state index >= 15 is 0 Å². The van der Waals surface area contributed by atoms with Crippen LogP contribution in [0.1, 0.15) is 26.1 Å². The summed E-state index contributed by atoms with van der Waals surface area (Å²) in [6.45, 7) is 7.02. The number of nitrogens with one attached hydrogen (secondary N) is 1. The zero-order valence-electron chi connectivity index (χ0n) is 10.4. The zero-order chi connectivity index (χ0) is 12.1. The van der Waals surface area contributed by atoms with Gasteiger partial charge >= 0.3 is 0 Å². The summed E-state index contributed by atoms with van der Waals surface area (Å²) in [7, 11) is 1.55. The first-order valence-corrected chi connectivity index (χ1v) is 5.46. The molecule has 90 valence electrons. The molecule has 3 N–H and O–H groups in total. The molecule has 1 aromatic heterocycles. The minimum atomic E-state index is 0.430. The van der Waals surface area contributed by atoms with Crippen LogP contribution in [0.15, 0.2) is 0 Å². The Morgan fingerprint density at radius 2 is 2.06 bits per heavy atom. The van der Waals surface area contributed by atoms with Crippen LogP contribution in [0.25, 0.3) is 0 Å². The molecule has 1 rings (SSSR count). The SMILES string of the molecule is COc1nc(C)nc(NCCC(C)C)c1N. The highest BCUT2D eigenvalue weighted by molar-refractivity contribution is 5.66. The Kier molecular flexibility index (Phi) is 4.34. The van der Waals surface area contributed by atoms with Gasteiger partial charge in [-0.3, -0.25) is 0 Å². The Balaban J connectivity index is 2.75. The van der Waals surface area contributed by atoms with Gasteiger partial charge in [-0.15, -0.1) is 0 Å². The number of ether oxygens (including phenoxy) is 1. The predicted molar refractivity (Wildman–Crippen MR) is 65.7 cm³/mol. The largest absolute Gasteiger partial charge is 0.479 e. The van der Waals surface area contributed by atoms with Crippen molar-refractivity contribution >= 4 is 11.5 Å². The van der Waals surface area contributed by atoms with Crippen LogP contribution in [0.5, 0.6) is 5.88 Å². The number of hydrogen-bond acceptors (Lipinski definition) is 5. The number of anilines is 2. The Morgan fingerprint density at radius 3 is 2.62 bits per heavy atom. The number of aryl methyl sites for hydroxylation is 1. The van der Waals surface area contributed by atoms with Crippen molar-refractivity contribution < 1.29 is 4.74 Å². The van der Waals surface area contributed by atoms with E-state index in [1.807, 2.05) is 6.92 Å². The maximum atomic E-state index is 5.87. The summed E-state index contributed by atoms with van der Waals surface area (Å²) in [5, 5.41) is 3.20. The van der Waals surface area contributed by atoms with Crippen LogP contribution in [0, 0.1) is 12.8 Å². The molecule has 16 heavy (non-hydrogen) atoms. The highest BCUT2D eigenvalue weighted by Gasteiger charge is 2.09. The molecule has 1 heterocycles. The van der Waals surface area contributed by atoms with Gasteiger partial charge in [-0.1, -0.05) is 13.8 Å². The van der Waals surface area contributed by atoms with Crippen LogP contribution >= 0.6 is 0 Å². The first-order chi connectivity index (χ1) is 7.54. The van der Waals surface area contributed by atoms with E-state index in [1.165, 1.54) is 0 Å². The topological polar surface area (TPSA) is 73.1 Å². The molecule has 5 nitrogen and oxygen atoms in total. The van der Waals surface area contributed by atoms with Gasteiger partial charge in [0.15, 0.2) is 5.82 Å². The molecule has 0 fully saturated rings. The molecule has 0 aliphatic carbocycles. The van der Waals surface area contributed by atoms with E-state index < -0.39 is 0 Å². The Hall–Kier alpha value is -1.52. The lowest BCUT2D eigenvalue weighted by molar-refractivity contribution is 0.398. The molecular formula is C11H20N4O. The van der Waals surface area contributed by atoms with E-state index in [4.69, 9.17) is 10.5 Å². The quantitative estimate of drug-likeness (QED) is 0.798. The lowest BCUT2D eigenvalue weighted by Crippen LogP contribution is -2.11. The zero-order valence-corrected chi connectivity index (χ0v) is 10.4. The molecule has 0 saturated heterocycles. The van der Waals surface area contributed by atoms with Gasteiger partial charge in [0.25, 0.3) is 0 Å². The van der Waals surface area contributed by atoms with Crippen molar-refractivity contribution in [2.45, 2.75) is 27.2 Å². The summed E-state index contributed by atoms with van der Waals surface area (Å²) < 4.78 is 5.08. The first kappa shape index (κ1) is 12.5. The summed E-state index contributed by atoms with van der Waals surface area (Å²) in [6, 6.07) is 0. The van der Waals surface area contributed by atoms with E-state index in [-0.39, 0.29) is 0 Å². The van der Waals surface area contributed by atoms with Crippen molar-refractivity contribution in [3.8, 4) is 5.88 Å². The third-order valence-corrected chi connectivity index (χ3v) is 2.23. The summed E-state index contributed by atoms with van der Waals surface area (Å²) in [5.74, 6) is 2.39. The summed E-state index contributed by atoms with van der Waals surface area (Å²) in [6.07, 6.45) is 1.07. The molecular weight excluding hydrogens is 204 g/mol. The molecule has 0 atom stereocenters. The minimum absolute atomic E-state index is 0.430. The van der Waals surface area contributed by atoms with E-state index in [9.17, 15) is 0 Å². The van der Waals surface area contributed by atoms with Gasteiger partial charge in [0.2, 0.25) is 5.88 Å². The number of nitrogen functional groups attached to an aromatic ring is 1. The molecule has 0 radical (unpaired) electrons. The monoisotopic (exact) mass is 224 g/mol. The van der Waals surface area contributed by atoms with Gasteiger partial charge in [0.05, 0.1) is 7.11 Å². The second kappa shape index (κ2) is 5.53. The molecule has 0 saturated carbocycles. The fourth-order valence-corrected chi connectivity index (χ4v) is 1.33. The fraction of sp³-hybridized carbons (Fsp3) is 0.636. The van der Waals surface area contributed by atoms with E-state index in [1.54, 1.807) is 7.11 Å². The normalized spacial score (nSPS) is 10.6. The molecule has 0 aliphatic rings. The van der Waals surface area contributed by atoms with Gasteiger partial charge < -0.3 is 15.8 Å². The summed E-state index contributed by atoms with van der Waals surface area (Å²) >= 11 is 0. The van der Waals surface area contributed by atoms with Crippen LogP contribution in [-0.2, 0) is 0 Å². The highest BCUT2D eigenvalue weighted by Crippen LogP contribution is 2.25. The average molecular weight is 224 g/mol. The van der Waals surface area contributed by atoms with E-state index in [2.05, 4.69) is 29.1 Å². The third kappa shape index (κ3) is 3.25. The number of nitrogens with zero attached hydrogens (tertiary/aromatic N) is 2. The van der Waals surface area contributed by atoms with Crippen LogP contribution in [-0.4, -0.2) is 23.6 Å². The van der Waals surface area contributed by atoms with Gasteiger partial charge in [-0.2, -0.15) is 4.98 Å². The highest BCUT2D eigenvalue weighted by atomic mass is 16.5. The van der Waals surface area contributed by atoms with Gasteiger partial charge in [0, 0.05) is 6.54 Å². The number of rotatable bonds is 5. The molecule has 0 amide bonds. The minimum Gasteiger partial charge on any atom is -0.479 e. The lowest BCUT2D eigenvalue weighted by Gasteiger charge is -2.12. The van der Waals surface area contributed by atoms with E-state index in [0.29, 0.717) is 29.1 Å². The lowest BCUT2D eigenvalue weighted by atomic mass is 10.1. The van der Waals surface area contributed by atoms with Crippen molar-refractivity contribution in [3.63, 3.8) is 0 Å². The van der Waals surface area contributed by atoms with E-state index in [0.717, 1.165) is 13.0 Å². The Labute approximate surface area is 96.4 Å². The molecule has 5 heteroatoms. The van der Waals surface area contributed by atoms with Crippen LogP contribution in [0.3, 0.4) is 0 Å². The standard InChI is InChI=1S/C11H20N4O/c1-7(2)5-6-13-10-9(12)11(16-4)15-8(3)14-10/h7H,5-6,12H2,1-4H3,(H,13,14,15). The third-order valence-electron chi connectivity index (χ3n) is 2.23. The maximum absolute atomic E-state index is 5.87. The van der Waals surface area contributed by atoms with Gasteiger partial charge in [-0.05, 0) is 19.3 Å². The van der Waals surface area contributed by atoms with Crippen molar-refractivity contribution in [1.82, 2.24) is 9.97 Å². The molecule has 0 bridgehead atoms. The van der Waals surface area contributed by atoms with Crippen molar-refractivity contribution in [2.24, 2.45) is 5.92 Å². The molecule has 0 aliphatic heterocycles. The summed E-state index contributed by atoms with van der Waals surface area (Å²) in [4.78, 5) is 8.35. The van der Waals surface area contributed by atoms with Crippen LogP contribution in [0.2, 0.25) is 0 Å². The number of hydrogen-bond donors (Lipinski definition) is 2. The van der Waals surface area contributed by atoms with Crippen molar-refractivity contribution in [1.29, 1.82) is 0 Å². The number of nitrogens with two attached hydrogens (primary N) is 1. The van der Waals surface area contributed by atoms with Crippen LogP contribution < -0.4 is 15.8 Å². The first-order valence-electron chi connectivity index (χ1n) is 5.46. The van der Waals surface area contributed by atoms with Crippen LogP contribution in [0.4, 0.5) is 11.5 Å². The second-order valence-electron chi connectivity index (χ2n) is 4.15.